The van der Waals surface area contributed by atoms with Crippen molar-refractivity contribution in [2.45, 2.75) is 18.9 Å². The van der Waals surface area contributed by atoms with Crippen molar-refractivity contribution in [2.24, 2.45) is 0 Å². The van der Waals surface area contributed by atoms with Crippen molar-refractivity contribution < 1.29 is 13.9 Å². The minimum atomic E-state index is -2.37. The van der Waals surface area contributed by atoms with E-state index in [9.17, 15) is 13.9 Å². The lowest BCUT2D eigenvalue weighted by molar-refractivity contribution is 0.0739. The molecule has 106 valence electrons. The molecule has 0 aromatic heterocycles. The summed E-state index contributed by atoms with van der Waals surface area (Å²) in [4.78, 5) is 2.03. The molecule has 1 heterocycles. The Bertz CT molecular complexity index is 425. The number of hydrogen-bond donors (Lipinski definition) is 2. The maximum atomic E-state index is 12.8. The Morgan fingerprint density at radius 1 is 1.32 bits per heavy atom. The standard InChI is InChI=1S/C13H17ClF2N2O/c14-10-7-9(1-2-12(10)19)11(8-13(15)16)18-5-3-17-4-6-18/h1-2,7,11,13,17,19H,3-6,8H2/t11-/m0/s1. The van der Waals surface area contributed by atoms with E-state index in [4.69, 9.17) is 11.6 Å². The van der Waals surface area contributed by atoms with Gasteiger partial charge in [0.1, 0.15) is 5.75 Å². The van der Waals surface area contributed by atoms with Gasteiger partial charge in [-0.05, 0) is 17.7 Å². The van der Waals surface area contributed by atoms with Gasteiger partial charge in [0.2, 0.25) is 6.43 Å². The van der Waals surface area contributed by atoms with Crippen LogP contribution in [0.1, 0.15) is 18.0 Å². The molecule has 3 nitrogen and oxygen atoms in total. The molecule has 0 radical (unpaired) electrons. The summed E-state index contributed by atoms with van der Waals surface area (Å²) in [6, 6.07) is 4.33. The minimum Gasteiger partial charge on any atom is -0.506 e. The molecule has 1 fully saturated rings. The zero-order chi connectivity index (χ0) is 13.8. The SMILES string of the molecule is Oc1ccc([C@H](CC(F)F)N2CCNCC2)cc1Cl. The monoisotopic (exact) mass is 290 g/mol. The Morgan fingerprint density at radius 2 is 2.00 bits per heavy atom. The Labute approximate surface area is 116 Å². The topological polar surface area (TPSA) is 35.5 Å². The van der Waals surface area contributed by atoms with E-state index < -0.39 is 6.43 Å². The van der Waals surface area contributed by atoms with E-state index in [-0.39, 0.29) is 23.2 Å². The van der Waals surface area contributed by atoms with Crippen molar-refractivity contribution in [2.75, 3.05) is 26.2 Å². The van der Waals surface area contributed by atoms with Gasteiger partial charge in [-0.25, -0.2) is 8.78 Å². The molecular formula is C13H17ClF2N2O. The van der Waals surface area contributed by atoms with E-state index in [2.05, 4.69) is 5.32 Å². The highest BCUT2D eigenvalue weighted by Gasteiger charge is 2.25. The van der Waals surface area contributed by atoms with E-state index in [1.807, 2.05) is 4.90 Å². The summed E-state index contributed by atoms with van der Waals surface area (Å²) >= 11 is 5.87. The first-order valence-electron chi connectivity index (χ1n) is 6.29. The first-order valence-corrected chi connectivity index (χ1v) is 6.67. The number of benzene rings is 1. The summed E-state index contributed by atoms with van der Waals surface area (Å²) in [6.07, 6.45) is -2.59. The molecule has 0 amide bonds. The van der Waals surface area contributed by atoms with Crippen LogP contribution in [-0.2, 0) is 0 Å². The average Bonchev–Trinajstić information content (AvgIpc) is 2.40. The molecule has 1 aromatic carbocycles. The van der Waals surface area contributed by atoms with Gasteiger partial charge in [0.15, 0.2) is 0 Å². The maximum Gasteiger partial charge on any atom is 0.240 e. The highest BCUT2D eigenvalue weighted by molar-refractivity contribution is 6.32. The molecule has 0 bridgehead atoms. The number of alkyl halides is 2. The predicted octanol–water partition coefficient (Wildman–Crippen LogP) is 2.65. The lowest BCUT2D eigenvalue weighted by atomic mass is 10.0. The van der Waals surface area contributed by atoms with Crippen molar-refractivity contribution in [1.29, 1.82) is 0 Å². The van der Waals surface area contributed by atoms with Crippen LogP contribution in [0, 0.1) is 0 Å². The van der Waals surface area contributed by atoms with Gasteiger partial charge in [-0.2, -0.15) is 0 Å². The second kappa shape index (κ2) is 6.50. The molecule has 1 aromatic rings. The van der Waals surface area contributed by atoms with Crippen molar-refractivity contribution in [3.63, 3.8) is 0 Å². The number of aromatic hydroxyl groups is 1. The molecule has 0 saturated carbocycles. The summed E-state index contributed by atoms with van der Waals surface area (Å²) in [5, 5.41) is 12.8. The van der Waals surface area contributed by atoms with E-state index in [0.717, 1.165) is 31.7 Å². The first-order chi connectivity index (χ1) is 9.08. The van der Waals surface area contributed by atoms with E-state index in [1.54, 1.807) is 12.1 Å². The summed E-state index contributed by atoms with van der Waals surface area (Å²) < 4.78 is 25.6. The molecular weight excluding hydrogens is 274 g/mol. The molecule has 1 saturated heterocycles. The van der Waals surface area contributed by atoms with Crippen LogP contribution in [0.2, 0.25) is 5.02 Å². The van der Waals surface area contributed by atoms with Crippen LogP contribution in [0.5, 0.6) is 5.75 Å². The van der Waals surface area contributed by atoms with Crippen molar-refractivity contribution in [3.05, 3.63) is 28.8 Å². The third-order valence-electron chi connectivity index (χ3n) is 3.35. The van der Waals surface area contributed by atoms with Gasteiger partial charge in [0.05, 0.1) is 5.02 Å². The fourth-order valence-corrected chi connectivity index (χ4v) is 2.58. The summed E-state index contributed by atoms with van der Waals surface area (Å²) in [6.45, 7) is 3.06. The van der Waals surface area contributed by atoms with Crippen LogP contribution in [0.25, 0.3) is 0 Å². The smallest absolute Gasteiger partial charge is 0.240 e. The molecule has 6 heteroatoms. The second-order valence-corrected chi connectivity index (χ2v) is 5.05. The Kier molecular flexibility index (Phi) is 4.96. The predicted molar refractivity (Wildman–Crippen MR) is 70.9 cm³/mol. The quantitative estimate of drug-likeness (QED) is 0.895. The third kappa shape index (κ3) is 3.78. The molecule has 1 aliphatic heterocycles. The number of hydrogen-bond acceptors (Lipinski definition) is 3. The number of piperazine rings is 1. The molecule has 19 heavy (non-hydrogen) atoms. The number of rotatable bonds is 4. The van der Waals surface area contributed by atoms with Crippen molar-refractivity contribution in [3.8, 4) is 5.75 Å². The van der Waals surface area contributed by atoms with Crippen LogP contribution in [0.15, 0.2) is 18.2 Å². The Morgan fingerprint density at radius 3 is 2.58 bits per heavy atom. The van der Waals surface area contributed by atoms with Gasteiger partial charge < -0.3 is 10.4 Å². The average molecular weight is 291 g/mol. The molecule has 0 aliphatic carbocycles. The van der Waals surface area contributed by atoms with Gasteiger partial charge >= 0.3 is 0 Å². The van der Waals surface area contributed by atoms with E-state index in [1.165, 1.54) is 6.07 Å². The lowest BCUT2D eigenvalue weighted by Crippen LogP contribution is -2.45. The zero-order valence-electron chi connectivity index (χ0n) is 10.5. The summed E-state index contributed by atoms with van der Waals surface area (Å²) in [7, 11) is 0. The third-order valence-corrected chi connectivity index (χ3v) is 3.65. The van der Waals surface area contributed by atoms with Gasteiger partial charge in [0, 0.05) is 38.6 Å². The van der Waals surface area contributed by atoms with E-state index >= 15 is 0 Å². The zero-order valence-corrected chi connectivity index (χ0v) is 11.2. The van der Waals surface area contributed by atoms with Gasteiger partial charge in [0.25, 0.3) is 0 Å². The fourth-order valence-electron chi connectivity index (χ4n) is 2.39. The van der Waals surface area contributed by atoms with Gasteiger partial charge in [-0.15, -0.1) is 0 Å². The highest BCUT2D eigenvalue weighted by Crippen LogP contribution is 2.32. The van der Waals surface area contributed by atoms with Crippen molar-refractivity contribution >= 4 is 11.6 Å². The fraction of sp³-hybridized carbons (Fsp3) is 0.538. The molecule has 2 N–H and O–H groups in total. The van der Waals surface area contributed by atoms with E-state index in [0.29, 0.717) is 0 Å². The van der Waals surface area contributed by atoms with Gasteiger partial charge in [-0.3, -0.25) is 4.90 Å². The Hall–Kier alpha value is -0.910. The Balaban J connectivity index is 2.22. The maximum absolute atomic E-state index is 12.8. The molecule has 0 unspecified atom stereocenters. The normalized spacial score (nSPS) is 18.7. The van der Waals surface area contributed by atoms with Crippen LogP contribution in [0.4, 0.5) is 8.78 Å². The number of phenolic OH excluding ortho intramolecular Hbond substituents is 1. The van der Waals surface area contributed by atoms with Crippen LogP contribution >= 0.6 is 11.6 Å². The van der Waals surface area contributed by atoms with Crippen LogP contribution < -0.4 is 5.32 Å². The summed E-state index contributed by atoms with van der Waals surface area (Å²) in [5.41, 5.74) is 0.727. The van der Waals surface area contributed by atoms with Gasteiger partial charge in [-0.1, -0.05) is 17.7 Å². The van der Waals surface area contributed by atoms with Crippen LogP contribution in [0.3, 0.4) is 0 Å². The highest BCUT2D eigenvalue weighted by atomic mass is 35.5. The lowest BCUT2D eigenvalue weighted by Gasteiger charge is -2.35. The molecule has 1 atom stereocenters. The largest absolute Gasteiger partial charge is 0.506 e. The number of nitrogens with zero attached hydrogens (tertiary/aromatic N) is 1. The number of halogens is 3. The summed E-state index contributed by atoms with van der Waals surface area (Å²) in [5.74, 6) is -0.0264. The number of nitrogens with one attached hydrogen (secondary N) is 1. The molecule has 0 spiro atoms. The minimum absolute atomic E-state index is 0.0264. The second-order valence-electron chi connectivity index (χ2n) is 4.64. The van der Waals surface area contributed by atoms with Crippen LogP contribution in [-0.4, -0.2) is 42.6 Å². The number of phenols is 1. The molecule has 2 rings (SSSR count). The van der Waals surface area contributed by atoms with Crippen molar-refractivity contribution in [1.82, 2.24) is 10.2 Å². The molecule has 1 aliphatic rings. The first kappa shape index (κ1) is 14.5.